The number of hydrogen-bond acceptors (Lipinski definition) is 3. The maximum absolute atomic E-state index is 11.9. The average Bonchev–Trinajstić information content (AvgIpc) is 3.11. The molecule has 4 aliphatic carbocycles. The largest absolute Gasteiger partial charge is 0.465 e. The molecule has 3 nitrogen and oxygen atoms in total. The van der Waals surface area contributed by atoms with E-state index in [1.54, 1.807) is 0 Å². The molecule has 4 saturated carbocycles. The molecule has 1 saturated heterocycles. The molecule has 9 atom stereocenters. The maximum atomic E-state index is 11.9. The predicted octanol–water partition coefficient (Wildman–Crippen LogP) is 1.31. The van der Waals surface area contributed by atoms with Gasteiger partial charge in [-0.2, -0.15) is 0 Å². The summed E-state index contributed by atoms with van der Waals surface area (Å²) in [4.78, 5) is 11.9. The number of fused-ring (bicyclic) bond motifs is 12. The molecule has 0 radical (unpaired) electrons. The molecule has 4 bridgehead atoms. The van der Waals surface area contributed by atoms with E-state index < -0.39 is 0 Å². The van der Waals surface area contributed by atoms with Gasteiger partial charge in [-0.25, -0.2) is 0 Å². The highest BCUT2D eigenvalue weighted by Crippen LogP contribution is 2.72. The summed E-state index contributed by atoms with van der Waals surface area (Å²) >= 11 is 0. The Morgan fingerprint density at radius 3 is 2.78 bits per heavy atom. The Morgan fingerprint density at radius 2 is 1.94 bits per heavy atom. The molecule has 5 aliphatic rings. The second-order valence-electron chi connectivity index (χ2n) is 7.38. The Hall–Kier alpha value is -0.570. The Balaban J connectivity index is 1.53. The first-order valence-corrected chi connectivity index (χ1v) is 7.57. The SMILES string of the molecule is O=C1OCC2C3CC(C12)C1C2CC(CO)C(C2)C31. The van der Waals surface area contributed by atoms with Crippen molar-refractivity contribution in [1.82, 2.24) is 0 Å². The van der Waals surface area contributed by atoms with Gasteiger partial charge in [0.05, 0.1) is 12.5 Å². The van der Waals surface area contributed by atoms with Crippen LogP contribution in [-0.4, -0.2) is 24.3 Å². The molecule has 9 unspecified atom stereocenters. The Labute approximate surface area is 107 Å². The highest BCUT2D eigenvalue weighted by molar-refractivity contribution is 5.76. The minimum atomic E-state index is 0.104. The van der Waals surface area contributed by atoms with E-state index >= 15 is 0 Å². The van der Waals surface area contributed by atoms with Crippen LogP contribution in [0.5, 0.6) is 0 Å². The number of aliphatic hydroxyl groups is 1. The zero-order chi connectivity index (χ0) is 12.0. The molecule has 0 aromatic carbocycles. The zero-order valence-corrected chi connectivity index (χ0v) is 10.5. The summed E-state index contributed by atoms with van der Waals surface area (Å²) in [6.07, 6.45) is 3.84. The van der Waals surface area contributed by atoms with Crippen LogP contribution in [0.25, 0.3) is 0 Å². The molecule has 3 heteroatoms. The second kappa shape index (κ2) is 3.12. The van der Waals surface area contributed by atoms with Crippen molar-refractivity contribution in [1.29, 1.82) is 0 Å². The number of carbonyl (C=O) groups excluding carboxylic acids is 1. The third-order valence-corrected chi connectivity index (χ3v) is 7.20. The van der Waals surface area contributed by atoms with Gasteiger partial charge in [0.15, 0.2) is 0 Å². The Morgan fingerprint density at radius 1 is 1.06 bits per heavy atom. The molecular formula is C15H20O3. The standard InChI is InChI=1S/C15H20O3/c16-4-7-1-6-2-8(7)13-9-3-10(12(6)13)14-11(9)5-18-15(14)17/h6-14,16H,1-5H2. The topological polar surface area (TPSA) is 46.5 Å². The van der Waals surface area contributed by atoms with Crippen LogP contribution >= 0.6 is 0 Å². The van der Waals surface area contributed by atoms with Crippen LogP contribution in [0.3, 0.4) is 0 Å². The van der Waals surface area contributed by atoms with Crippen molar-refractivity contribution in [2.45, 2.75) is 19.3 Å². The van der Waals surface area contributed by atoms with Crippen LogP contribution in [0.1, 0.15) is 19.3 Å². The number of cyclic esters (lactones) is 1. The van der Waals surface area contributed by atoms with Crippen molar-refractivity contribution < 1.29 is 14.6 Å². The van der Waals surface area contributed by atoms with Crippen molar-refractivity contribution in [2.24, 2.45) is 53.3 Å². The second-order valence-corrected chi connectivity index (χ2v) is 7.38. The zero-order valence-electron chi connectivity index (χ0n) is 10.5. The lowest BCUT2D eigenvalue weighted by Crippen LogP contribution is -2.41. The van der Waals surface area contributed by atoms with E-state index in [2.05, 4.69) is 0 Å². The normalized spacial score (nSPS) is 63.2. The molecule has 1 aliphatic heterocycles. The molecule has 0 aromatic heterocycles. The summed E-state index contributed by atoms with van der Waals surface area (Å²) in [7, 11) is 0. The van der Waals surface area contributed by atoms with Crippen LogP contribution in [0.4, 0.5) is 0 Å². The average molecular weight is 248 g/mol. The van der Waals surface area contributed by atoms with Gasteiger partial charge in [0.25, 0.3) is 0 Å². The minimum absolute atomic E-state index is 0.104. The Bertz CT molecular complexity index is 420. The maximum Gasteiger partial charge on any atom is 0.309 e. The third kappa shape index (κ3) is 0.941. The van der Waals surface area contributed by atoms with Crippen LogP contribution in [0, 0.1) is 53.3 Å². The monoisotopic (exact) mass is 248 g/mol. The van der Waals surface area contributed by atoms with E-state index in [-0.39, 0.29) is 11.9 Å². The van der Waals surface area contributed by atoms with Gasteiger partial charge in [-0.05, 0) is 60.7 Å². The summed E-state index contributed by atoms with van der Waals surface area (Å²) in [5.74, 6) is 6.01. The van der Waals surface area contributed by atoms with Crippen molar-refractivity contribution >= 4 is 5.97 Å². The van der Waals surface area contributed by atoms with Gasteiger partial charge in [0, 0.05) is 12.5 Å². The molecule has 1 N–H and O–H groups in total. The van der Waals surface area contributed by atoms with E-state index in [4.69, 9.17) is 4.74 Å². The summed E-state index contributed by atoms with van der Waals surface area (Å²) in [5.41, 5.74) is 0. The molecule has 0 aromatic rings. The van der Waals surface area contributed by atoms with Crippen molar-refractivity contribution in [3.8, 4) is 0 Å². The predicted molar refractivity (Wildman–Crippen MR) is 63.3 cm³/mol. The van der Waals surface area contributed by atoms with Crippen molar-refractivity contribution in [3.63, 3.8) is 0 Å². The molecule has 5 fully saturated rings. The van der Waals surface area contributed by atoms with Crippen LogP contribution in [0.15, 0.2) is 0 Å². The number of rotatable bonds is 1. The van der Waals surface area contributed by atoms with Gasteiger partial charge in [0.2, 0.25) is 0 Å². The number of carbonyl (C=O) groups is 1. The van der Waals surface area contributed by atoms with Crippen LogP contribution in [-0.2, 0) is 9.53 Å². The van der Waals surface area contributed by atoms with Crippen LogP contribution in [0.2, 0.25) is 0 Å². The minimum Gasteiger partial charge on any atom is -0.465 e. The molecule has 0 amide bonds. The van der Waals surface area contributed by atoms with Gasteiger partial charge in [-0.1, -0.05) is 0 Å². The van der Waals surface area contributed by atoms with Crippen molar-refractivity contribution in [2.75, 3.05) is 13.2 Å². The smallest absolute Gasteiger partial charge is 0.309 e. The number of ether oxygens (including phenoxy) is 1. The van der Waals surface area contributed by atoms with E-state index in [1.807, 2.05) is 0 Å². The van der Waals surface area contributed by atoms with E-state index in [0.717, 1.165) is 29.6 Å². The molecule has 1 heterocycles. The van der Waals surface area contributed by atoms with Crippen LogP contribution < -0.4 is 0 Å². The van der Waals surface area contributed by atoms with Gasteiger partial charge in [-0.3, -0.25) is 4.79 Å². The van der Waals surface area contributed by atoms with Gasteiger partial charge in [-0.15, -0.1) is 0 Å². The number of hydrogen-bond donors (Lipinski definition) is 1. The molecule has 98 valence electrons. The quantitative estimate of drug-likeness (QED) is 0.562. The first kappa shape index (κ1) is 10.2. The third-order valence-electron chi connectivity index (χ3n) is 7.20. The molecule has 5 rings (SSSR count). The summed E-state index contributed by atoms with van der Waals surface area (Å²) < 4.78 is 5.32. The van der Waals surface area contributed by atoms with E-state index in [1.165, 1.54) is 19.3 Å². The van der Waals surface area contributed by atoms with Gasteiger partial charge in [0.1, 0.15) is 0 Å². The van der Waals surface area contributed by atoms with Crippen molar-refractivity contribution in [3.05, 3.63) is 0 Å². The number of aliphatic hydroxyl groups excluding tert-OH is 1. The fourth-order valence-corrected chi connectivity index (χ4v) is 6.95. The molecular weight excluding hydrogens is 228 g/mol. The lowest BCUT2D eigenvalue weighted by Gasteiger charge is -2.41. The van der Waals surface area contributed by atoms with Gasteiger partial charge >= 0.3 is 5.97 Å². The van der Waals surface area contributed by atoms with Gasteiger partial charge < -0.3 is 9.84 Å². The molecule has 18 heavy (non-hydrogen) atoms. The van der Waals surface area contributed by atoms with E-state index in [0.29, 0.717) is 31.0 Å². The fourth-order valence-electron chi connectivity index (χ4n) is 6.95. The lowest BCUT2D eigenvalue weighted by molar-refractivity contribution is -0.143. The summed E-state index contributed by atoms with van der Waals surface area (Å²) in [5, 5.41) is 9.53. The highest BCUT2D eigenvalue weighted by atomic mass is 16.5. The lowest BCUT2D eigenvalue weighted by atomic mass is 9.62. The summed E-state index contributed by atoms with van der Waals surface area (Å²) in [6.45, 7) is 1.07. The molecule has 0 spiro atoms. The van der Waals surface area contributed by atoms with E-state index in [9.17, 15) is 9.90 Å². The highest BCUT2D eigenvalue weighted by Gasteiger charge is 2.70. The Kier molecular flexibility index (Phi) is 1.77. The first-order chi connectivity index (χ1) is 8.79. The number of esters is 1. The first-order valence-electron chi connectivity index (χ1n) is 7.57. The summed E-state index contributed by atoms with van der Waals surface area (Å²) in [6, 6.07) is 0. The fraction of sp³-hybridized carbons (Fsp3) is 0.933.